The highest BCUT2D eigenvalue weighted by Gasteiger charge is 2.31. The first-order valence-corrected chi connectivity index (χ1v) is 14.4. The van der Waals surface area contributed by atoms with Gasteiger partial charge in [-0.25, -0.2) is 18.4 Å². The molecule has 0 aliphatic carbocycles. The molecule has 9 nitrogen and oxygen atoms in total. The van der Waals surface area contributed by atoms with E-state index in [0.29, 0.717) is 12.1 Å². The molecule has 0 saturated carbocycles. The van der Waals surface area contributed by atoms with E-state index < -0.39 is 35.3 Å². The van der Waals surface area contributed by atoms with E-state index in [1.54, 1.807) is 20.8 Å². The molecule has 11 heteroatoms. The largest absolute Gasteiger partial charge is 0.480 e. The Morgan fingerprint density at radius 1 is 0.955 bits per heavy atom. The van der Waals surface area contributed by atoms with Gasteiger partial charge in [0.05, 0.1) is 19.3 Å². The number of aromatic nitrogens is 1. The number of aliphatic hydroxyl groups excluding tert-OH is 2. The van der Waals surface area contributed by atoms with Gasteiger partial charge in [-0.05, 0) is 69.0 Å². The number of aliphatic carboxylic acids is 1. The number of halogens is 2. The van der Waals surface area contributed by atoms with E-state index in [1.807, 2.05) is 67.9 Å². The fourth-order valence-corrected chi connectivity index (χ4v) is 4.49. The van der Waals surface area contributed by atoms with Gasteiger partial charge in [-0.15, -0.1) is 0 Å². The van der Waals surface area contributed by atoms with Crippen LogP contribution < -0.4 is 10.6 Å². The van der Waals surface area contributed by atoms with Crippen LogP contribution in [0.4, 0.5) is 13.6 Å². The number of rotatable bonds is 11. The molecule has 3 rings (SSSR count). The first kappa shape index (κ1) is 36.4. The van der Waals surface area contributed by atoms with E-state index in [9.17, 15) is 23.5 Å². The van der Waals surface area contributed by atoms with Crippen LogP contribution in [0.3, 0.4) is 0 Å². The second-order valence-corrected chi connectivity index (χ2v) is 12.4. The van der Waals surface area contributed by atoms with Crippen LogP contribution >= 0.6 is 0 Å². The molecule has 0 radical (unpaired) electrons. The van der Waals surface area contributed by atoms with Gasteiger partial charge in [-0.1, -0.05) is 51.1 Å². The average Bonchev–Trinajstić information content (AvgIpc) is 3.33. The van der Waals surface area contributed by atoms with Crippen molar-refractivity contribution in [3.63, 3.8) is 0 Å². The van der Waals surface area contributed by atoms with Crippen molar-refractivity contribution in [2.24, 2.45) is 5.41 Å². The Hall–Kier alpha value is -3.80. The number of nitrogens with zero attached hydrogens (tertiary/aromatic N) is 1. The molecule has 1 aromatic heterocycles. The second kappa shape index (κ2) is 16.3. The molecular weight excluding hydrogens is 572 g/mol. The molecule has 0 fully saturated rings. The van der Waals surface area contributed by atoms with E-state index in [0.717, 1.165) is 23.4 Å². The van der Waals surface area contributed by atoms with Gasteiger partial charge < -0.3 is 35.3 Å². The molecule has 242 valence electrons. The monoisotopic (exact) mass is 617 g/mol. The van der Waals surface area contributed by atoms with E-state index in [1.165, 1.54) is 6.07 Å². The summed E-state index contributed by atoms with van der Waals surface area (Å²) >= 11 is 0. The van der Waals surface area contributed by atoms with Gasteiger partial charge in [0.1, 0.15) is 23.3 Å². The predicted molar refractivity (Wildman–Crippen MR) is 165 cm³/mol. The minimum Gasteiger partial charge on any atom is -0.480 e. The minimum absolute atomic E-state index is 0.103. The third kappa shape index (κ3) is 11.7. The fraction of sp³-hybridized carbons (Fsp3) is 0.455. The number of benzene rings is 2. The number of carboxylic acids is 1. The molecule has 2 aromatic carbocycles. The number of carbonyl (C=O) groups is 2. The van der Waals surface area contributed by atoms with Crippen molar-refractivity contribution < 1.29 is 38.4 Å². The maximum Gasteiger partial charge on any atom is 0.408 e. The Bertz CT molecular complexity index is 1350. The Labute approximate surface area is 257 Å². The van der Waals surface area contributed by atoms with Gasteiger partial charge in [0, 0.05) is 29.6 Å². The maximum atomic E-state index is 14.7. The molecule has 0 bridgehead atoms. The lowest BCUT2D eigenvalue weighted by Gasteiger charge is -2.33. The first-order valence-electron chi connectivity index (χ1n) is 14.4. The zero-order valence-electron chi connectivity index (χ0n) is 26.2. The summed E-state index contributed by atoms with van der Waals surface area (Å²) < 4.78 is 36.0. The summed E-state index contributed by atoms with van der Waals surface area (Å²) in [6, 6.07) is 13.6. The number of aliphatic hydroxyl groups is 2. The number of nitrogens with one attached hydrogen (secondary N) is 2. The molecule has 3 aromatic rings. The van der Waals surface area contributed by atoms with Crippen molar-refractivity contribution >= 4 is 12.1 Å². The summed E-state index contributed by atoms with van der Waals surface area (Å²) in [7, 11) is 0. The van der Waals surface area contributed by atoms with Gasteiger partial charge in [0.25, 0.3) is 0 Å². The van der Waals surface area contributed by atoms with Crippen molar-refractivity contribution in [1.82, 2.24) is 15.2 Å². The zero-order chi connectivity index (χ0) is 33.1. The minimum atomic E-state index is -1.17. The van der Waals surface area contributed by atoms with Gasteiger partial charge >= 0.3 is 12.1 Å². The number of carbonyl (C=O) groups excluding carboxylic acids is 1. The van der Waals surface area contributed by atoms with Gasteiger partial charge in [0.15, 0.2) is 0 Å². The number of amides is 1. The molecule has 1 heterocycles. The molecule has 0 aliphatic rings. The van der Waals surface area contributed by atoms with Crippen molar-refractivity contribution in [3.8, 4) is 11.1 Å². The molecule has 5 N–H and O–H groups in total. The summed E-state index contributed by atoms with van der Waals surface area (Å²) in [4.78, 5) is 24.0. The topological polar surface area (TPSA) is 133 Å². The Morgan fingerprint density at radius 3 is 2.14 bits per heavy atom. The summed E-state index contributed by atoms with van der Waals surface area (Å²) in [6.45, 7) is 11.7. The molecule has 0 unspecified atom stereocenters. The van der Waals surface area contributed by atoms with E-state index >= 15 is 0 Å². The van der Waals surface area contributed by atoms with E-state index in [2.05, 4.69) is 10.6 Å². The third-order valence-corrected chi connectivity index (χ3v) is 6.40. The van der Waals surface area contributed by atoms with Crippen LogP contribution in [0.25, 0.3) is 11.1 Å². The summed E-state index contributed by atoms with van der Waals surface area (Å²) in [5, 5.41) is 30.8. The predicted octanol–water partition coefficient (Wildman–Crippen LogP) is 5.50. The molecule has 0 spiro atoms. The maximum absolute atomic E-state index is 14.7. The molecular formula is C33H45F2N3O6. The van der Waals surface area contributed by atoms with E-state index in [4.69, 9.17) is 14.9 Å². The van der Waals surface area contributed by atoms with Crippen LogP contribution in [0.2, 0.25) is 0 Å². The summed E-state index contributed by atoms with van der Waals surface area (Å²) in [5.41, 5.74) is 1.46. The van der Waals surface area contributed by atoms with Crippen LogP contribution in [0.15, 0.2) is 60.8 Å². The number of ether oxygens (including phenoxy) is 1. The van der Waals surface area contributed by atoms with E-state index in [-0.39, 0.29) is 43.2 Å². The van der Waals surface area contributed by atoms with Crippen LogP contribution in [0.5, 0.6) is 0 Å². The highest BCUT2D eigenvalue weighted by Crippen LogP contribution is 2.37. The molecule has 44 heavy (non-hydrogen) atoms. The Morgan fingerprint density at radius 2 is 1.59 bits per heavy atom. The smallest absolute Gasteiger partial charge is 0.408 e. The number of alkyl carbamates (subject to hydrolysis) is 1. The standard InChI is InChI=1S/C31H39F2N3O4.C2H6O2/c1-30(2,3)27(34-15-14-25(28(37)38)35-29(39)40-31(4,5)6)26-16-21(23-17-22(32)12-13-24(23)33)19-36(26)18-20-10-8-7-9-11-20;3-1-2-4/h7-13,16-17,19,25,27,34H,14-15,18H2,1-6H3,(H,35,39)(H,37,38);3-4H,1-2H2/t25-,27-;/m0./s1. The van der Waals surface area contributed by atoms with Crippen molar-refractivity contribution in [3.05, 3.63) is 83.7 Å². The van der Waals surface area contributed by atoms with Crippen LogP contribution in [0, 0.1) is 17.0 Å². The number of carboxylic acid groups (broad SMARTS) is 1. The highest BCUT2D eigenvalue weighted by atomic mass is 19.1. The Kier molecular flexibility index (Phi) is 13.5. The van der Waals surface area contributed by atoms with Crippen molar-refractivity contribution in [1.29, 1.82) is 0 Å². The number of hydrogen-bond donors (Lipinski definition) is 5. The van der Waals surface area contributed by atoms with Crippen molar-refractivity contribution in [2.75, 3.05) is 19.8 Å². The van der Waals surface area contributed by atoms with Crippen LogP contribution in [0.1, 0.15) is 65.3 Å². The second-order valence-electron chi connectivity index (χ2n) is 12.4. The molecule has 0 aliphatic heterocycles. The van der Waals surface area contributed by atoms with Crippen molar-refractivity contribution in [2.45, 2.75) is 72.2 Å². The Balaban J connectivity index is 0.00000159. The fourth-order valence-electron chi connectivity index (χ4n) is 4.49. The lowest BCUT2D eigenvalue weighted by Crippen LogP contribution is -2.45. The van der Waals surface area contributed by atoms with Gasteiger partial charge in [-0.3, -0.25) is 0 Å². The highest BCUT2D eigenvalue weighted by molar-refractivity contribution is 5.80. The zero-order valence-corrected chi connectivity index (χ0v) is 26.2. The first-order chi connectivity index (χ1) is 20.6. The molecule has 0 saturated heterocycles. The summed E-state index contributed by atoms with van der Waals surface area (Å²) in [5.74, 6) is -2.23. The number of hydrogen-bond acceptors (Lipinski definition) is 6. The van der Waals surface area contributed by atoms with Crippen LogP contribution in [-0.4, -0.2) is 63.4 Å². The third-order valence-electron chi connectivity index (χ3n) is 6.40. The lowest BCUT2D eigenvalue weighted by molar-refractivity contribution is -0.139. The average molecular weight is 618 g/mol. The SMILES string of the molecule is CC(C)(C)OC(=O)N[C@@H](CCN[C@@H](c1cc(-c2cc(F)ccc2F)cn1Cc1ccccc1)C(C)(C)C)C(=O)O.OCCO. The lowest BCUT2D eigenvalue weighted by atomic mass is 9.84. The molecule has 1 amide bonds. The van der Waals surface area contributed by atoms with Gasteiger partial charge in [0.2, 0.25) is 0 Å². The van der Waals surface area contributed by atoms with Gasteiger partial charge in [-0.2, -0.15) is 0 Å². The quantitative estimate of drug-likeness (QED) is 0.192. The summed E-state index contributed by atoms with van der Waals surface area (Å²) in [6.07, 6.45) is 1.11. The molecule has 2 atom stereocenters. The van der Waals surface area contributed by atoms with Crippen LogP contribution in [-0.2, 0) is 16.1 Å². The normalized spacial score (nSPS) is 13.0.